The van der Waals surface area contributed by atoms with Gasteiger partial charge < -0.3 is 15.7 Å². The van der Waals surface area contributed by atoms with Crippen LogP contribution < -0.4 is 10.6 Å². The van der Waals surface area contributed by atoms with Gasteiger partial charge in [-0.25, -0.2) is 9.18 Å². The summed E-state index contributed by atoms with van der Waals surface area (Å²) >= 11 is 0. The summed E-state index contributed by atoms with van der Waals surface area (Å²) in [5, 5.41) is 19.8. The summed E-state index contributed by atoms with van der Waals surface area (Å²) in [5.74, 6) is 0.0879. The first kappa shape index (κ1) is 18.9. The maximum atomic E-state index is 12.9. The van der Waals surface area contributed by atoms with E-state index in [-0.39, 0.29) is 12.4 Å². The fourth-order valence-corrected chi connectivity index (χ4v) is 2.55. The number of amides is 2. The lowest BCUT2D eigenvalue weighted by Crippen LogP contribution is -2.32. The van der Waals surface area contributed by atoms with E-state index in [9.17, 15) is 14.3 Å². The number of rotatable bonds is 7. The highest BCUT2D eigenvalue weighted by Gasteiger charge is 2.14. The summed E-state index contributed by atoms with van der Waals surface area (Å²) in [7, 11) is 0. The van der Waals surface area contributed by atoms with Gasteiger partial charge in [0.05, 0.1) is 23.7 Å². The Morgan fingerprint density at radius 1 is 1.32 bits per heavy atom. The molecule has 1 aromatic heterocycles. The average molecular weight is 348 g/mol. The third-order valence-electron chi connectivity index (χ3n) is 3.78. The molecule has 0 aliphatic heterocycles. The van der Waals surface area contributed by atoms with Crippen LogP contribution in [-0.4, -0.2) is 27.5 Å². The number of urea groups is 1. The number of carbonyl (C=O) groups excluding carboxylic acids is 1. The van der Waals surface area contributed by atoms with Crippen LogP contribution in [-0.2, 0) is 13.0 Å². The molecule has 136 valence electrons. The molecule has 0 spiro atoms. The van der Waals surface area contributed by atoms with Gasteiger partial charge in [-0.15, -0.1) is 0 Å². The van der Waals surface area contributed by atoms with Gasteiger partial charge in [-0.1, -0.05) is 32.9 Å². The van der Waals surface area contributed by atoms with Crippen molar-refractivity contribution in [3.63, 3.8) is 0 Å². The third kappa shape index (κ3) is 5.29. The van der Waals surface area contributed by atoms with E-state index in [1.165, 1.54) is 24.3 Å². The van der Waals surface area contributed by atoms with Crippen molar-refractivity contribution in [3.8, 4) is 0 Å². The first-order valence-corrected chi connectivity index (χ1v) is 8.43. The van der Waals surface area contributed by atoms with E-state index in [4.69, 9.17) is 0 Å². The van der Waals surface area contributed by atoms with E-state index in [2.05, 4.69) is 29.6 Å². The molecule has 2 aromatic rings. The number of hydrogen-bond donors (Lipinski definition) is 3. The molecule has 1 atom stereocenters. The van der Waals surface area contributed by atoms with Crippen molar-refractivity contribution in [1.29, 1.82) is 0 Å². The Balaban J connectivity index is 1.91. The SMILES string of the molecule is CCc1c(NC(=O)NCC(O)c2ccc(F)cc2)cnn1CC(C)C. The van der Waals surface area contributed by atoms with Crippen LogP contribution in [0.4, 0.5) is 14.9 Å². The zero-order chi connectivity index (χ0) is 18.4. The van der Waals surface area contributed by atoms with E-state index in [1.807, 2.05) is 11.6 Å². The van der Waals surface area contributed by atoms with Gasteiger partial charge in [-0.05, 0) is 30.0 Å². The molecule has 0 radical (unpaired) electrons. The molecule has 1 unspecified atom stereocenters. The van der Waals surface area contributed by atoms with Crippen LogP contribution in [0, 0.1) is 11.7 Å². The van der Waals surface area contributed by atoms with Crippen molar-refractivity contribution in [1.82, 2.24) is 15.1 Å². The van der Waals surface area contributed by atoms with Crippen LogP contribution in [0.1, 0.15) is 38.1 Å². The quantitative estimate of drug-likeness (QED) is 0.719. The Labute approximate surface area is 147 Å². The molecule has 2 rings (SSSR count). The molecule has 25 heavy (non-hydrogen) atoms. The van der Waals surface area contributed by atoms with Crippen molar-refractivity contribution in [2.75, 3.05) is 11.9 Å². The third-order valence-corrected chi connectivity index (χ3v) is 3.78. The number of nitrogens with one attached hydrogen (secondary N) is 2. The highest BCUT2D eigenvalue weighted by atomic mass is 19.1. The maximum Gasteiger partial charge on any atom is 0.319 e. The number of halogens is 1. The number of nitrogens with zero attached hydrogens (tertiary/aromatic N) is 2. The molecule has 0 aliphatic rings. The minimum Gasteiger partial charge on any atom is -0.387 e. The van der Waals surface area contributed by atoms with Crippen LogP contribution in [0.15, 0.2) is 30.5 Å². The Bertz CT molecular complexity index is 698. The fraction of sp³-hybridized carbons (Fsp3) is 0.444. The maximum absolute atomic E-state index is 12.9. The first-order chi connectivity index (χ1) is 11.9. The molecule has 0 saturated carbocycles. The van der Waals surface area contributed by atoms with E-state index in [0.717, 1.165) is 18.7 Å². The normalized spacial score (nSPS) is 12.2. The Hall–Kier alpha value is -2.41. The lowest BCUT2D eigenvalue weighted by Gasteiger charge is -2.14. The predicted octanol–water partition coefficient (Wildman–Crippen LogP) is 3.10. The summed E-state index contributed by atoms with van der Waals surface area (Å²) in [4.78, 5) is 12.1. The van der Waals surface area contributed by atoms with Gasteiger partial charge in [-0.2, -0.15) is 5.10 Å². The molecule has 0 fully saturated rings. The number of aliphatic hydroxyl groups excluding tert-OH is 1. The zero-order valence-electron chi connectivity index (χ0n) is 14.8. The molecule has 2 amide bonds. The van der Waals surface area contributed by atoms with Crippen molar-refractivity contribution < 1.29 is 14.3 Å². The number of anilines is 1. The van der Waals surface area contributed by atoms with Gasteiger partial charge in [0, 0.05) is 13.1 Å². The highest BCUT2D eigenvalue weighted by molar-refractivity contribution is 5.89. The molecule has 0 bridgehead atoms. The highest BCUT2D eigenvalue weighted by Crippen LogP contribution is 2.17. The second-order valence-corrected chi connectivity index (χ2v) is 6.34. The van der Waals surface area contributed by atoms with Crippen LogP contribution in [0.5, 0.6) is 0 Å². The average Bonchev–Trinajstić information content (AvgIpc) is 2.93. The van der Waals surface area contributed by atoms with E-state index < -0.39 is 12.1 Å². The first-order valence-electron chi connectivity index (χ1n) is 8.43. The van der Waals surface area contributed by atoms with Crippen molar-refractivity contribution in [2.45, 2.75) is 39.8 Å². The summed E-state index contributed by atoms with van der Waals surface area (Å²) in [5.41, 5.74) is 2.17. The number of aliphatic hydroxyl groups is 1. The van der Waals surface area contributed by atoms with Gasteiger partial charge >= 0.3 is 6.03 Å². The standard InChI is InChI=1S/C18H25FN4O2/c1-4-16-15(9-21-23(16)11-12(2)3)22-18(25)20-10-17(24)13-5-7-14(19)8-6-13/h5-9,12,17,24H,4,10-11H2,1-3H3,(H2,20,22,25). The summed E-state index contributed by atoms with van der Waals surface area (Å²) < 4.78 is 14.8. The van der Waals surface area contributed by atoms with Crippen molar-refractivity contribution in [3.05, 3.63) is 47.5 Å². The van der Waals surface area contributed by atoms with Crippen LogP contribution >= 0.6 is 0 Å². The minimum absolute atomic E-state index is 0.0268. The number of hydrogen-bond acceptors (Lipinski definition) is 3. The molecule has 0 aliphatic carbocycles. The topological polar surface area (TPSA) is 79.2 Å². The van der Waals surface area contributed by atoms with Crippen LogP contribution in [0.3, 0.4) is 0 Å². The summed E-state index contributed by atoms with van der Waals surface area (Å²) in [6, 6.07) is 5.11. The lowest BCUT2D eigenvalue weighted by atomic mass is 10.1. The van der Waals surface area contributed by atoms with E-state index >= 15 is 0 Å². The van der Waals surface area contributed by atoms with Crippen LogP contribution in [0.2, 0.25) is 0 Å². The molecular formula is C18H25FN4O2. The number of aromatic nitrogens is 2. The molecule has 6 nitrogen and oxygen atoms in total. The Morgan fingerprint density at radius 2 is 2.00 bits per heavy atom. The Kier molecular flexibility index (Phi) is 6.52. The summed E-state index contributed by atoms with van der Waals surface area (Å²) in [6.45, 7) is 7.04. The second kappa shape index (κ2) is 8.62. The fourth-order valence-electron chi connectivity index (χ4n) is 2.55. The zero-order valence-corrected chi connectivity index (χ0v) is 14.8. The molecule has 3 N–H and O–H groups in total. The molecular weight excluding hydrogens is 323 g/mol. The summed E-state index contributed by atoms with van der Waals surface area (Å²) in [6.07, 6.45) is 1.48. The van der Waals surface area contributed by atoms with Gasteiger partial charge in [0.15, 0.2) is 0 Å². The van der Waals surface area contributed by atoms with Gasteiger partial charge in [0.25, 0.3) is 0 Å². The number of carbonyl (C=O) groups is 1. The smallest absolute Gasteiger partial charge is 0.319 e. The van der Waals surface area contributed by atoms with Crippen LogP contribution in [0.25, 0.3) is 0 Å². The van der Waals surface area contributed by atoms with Gasteiger partial charge in [0.1, 0.15) is 5.82 Å². The monoisotopic (exact) mass is 348 g/mol. The van der Waals surface area contributed by atoms with E-state index in [0.29, 0.717) is 17.2 Å². The largest absolute Gasteiger partial charge is 0.387 e. The molecule has 7 heteroatoms. The second-order valence-electron chi connectivity index (χ2n) is 6.34. The Morgan fingerprint density at radius 3 is 2.60 bits per heavy atom. The number of benzene rings is 1. The molecule has 1 heterocycles. The molecule has 0 saturated heterocycles. The van der Waals surface area contributed by atoms with Gasteiger partial charge in [-0.3, -0.25) is 4.68 Å². The lowest BCUT2D eigenvalue weighted by molar-refractivity contribution is 0.175. The predicted molar refractivity (Wildman–Crippen MR) is 94.8 cm³/mol. The molecule has 1 aromatic carbocycles. The minimum atomic E-state index is -0.902. The van der Waals surface area contributed by atoms with E-state index in [1.54, 1.807) is 6.20 Å². The van der Waals surface area contributed by atoms with Crippen molar-refractivity contribution in [2.24, 2.45) is 5.92 Å². The van der Waals surface area contributed by atoms with Crippen molar-refractivity contribution >= 4 is 11.7 Å². The van der Waals surface area contributed by atoms with Gasteiger partial charge in [0.2, 0.25) is 0 Å².